The Balaban J connectivity index is 1.43. The van der Waals surface area contributed by atoms with Gasteiger partial charge in [-0.15, -0.1) is 11.3 Å². The molecule has 1 aromatic carbocycles. The second-order valence-corrected chi connectivity index (χ2v) is 8.22. The fraction of sp³-hybridized carbons (Fsp3) is 0.250. The first kappa shape index (κ1) is 16.3. The monoisotopic (exact) mass is 378 g/mol. The first-order chi connectivity index (χ1) is 13.1. The van der Waals surface area contributed by atoms with Crippen LogP contribution in [0.2, 0.25) is 0 Å². The number of aryl methyl sites for hydroxylation is 1. The average Bonchev–Trinajstić information content (AvgIpc) is 3.20. The molecule has 0 unspecified atom stereocenters. The summed E-state index contributed by atoms with van der Waals surface area (Å²) in [7, 11) is 0. The lowest BCUT2D eigenvalue weighted by molar-refractivity contribution is -0.133. The maximum atomic E-state index is 12.8. The van der Waals surface area contributed by atoms with E-state index in [-0.39, 0.29) is 18.0 Å². The number of rotatable bonds is 2. The maximum Gasteiger partial charge on any atom is 0.291 e. The maximum absolute atomic E-state index is 12.8. The van der Waals surface area contributed by atoms with E-state index in [1.807, 2.05) is 25.1 Å². The molecule has 3 aromatic heterocycles. The number of hydrogen-bond acceptors (Lipinski definition) is 4. The zero-order chi connectivity index (χ0) is 18.5. The van der Waals surface area contributed by atoms with Crippen LogP contribution in [-0.4, -0.2) is 31.5 Å². The number of carbonyl (C=O) groups is 1. The Morgan fingerprint density at radius 3 is 2.85 bits per heavy atom. The summed E-state index contributed by atoms with van der Waals surface area (Å²) in [6, 6.07) is 12.1. The largest absolute Gasteiger partial charge is 0.336 e. The Morgan fingerprint density at radius 1 is 1.19 bits per heavy atom. The highest BCUT2D eigenvalue weighted by molar-refractivity contribution is 7.19. The van der Waals surface area contributed by atoms with Gasteiger partial charge in [-0.05, 0) is 36.6 Å². The summed E-state index contributed by atoms with van der Waals surface area (Å²) < 4.78 is 4.14. The minimum atomic E-state index is -0.232. The summed E-state index contributed by atoms with van der Waals surface area (Å²) in [6.45, 7) is 3.27. The van der Waals surface area contributed by atoms with Gasteiger partial charge in [-0.3, -0.25) is 14.0 Å². The molecule has 0 saturated heterocycles. The number of nitrogens with zero attached hydrogens (tertiary/aromatic N) is 4. The molecule has 0 spiro atoms. The molecule has 0 radical (unpaired) electrons. The highest BCUT2D eigenvalue weighted by Gasteiger charge is 2.21. The number of amides is 1. The van der Waals surface area contributed by atoms with Gasteiger partial charge < -0.3 is 4.90 Å². The summed E-state index contributed by atoms with van der Waals surface area (Å²) in [5.41, 5.74) is 3.78. The van der Waals surface area contributed by atoms with Gasteiger partial charge in [0, 0.05) is 18.0 Å². The van der Waals surface area contributed by atoms with Crippen molar-refractivity contribution in [2.75, 3.05) is 6.54 Å². The SMILES string of the molecule is Cc1cc2c(cc3c(=O)n(CC(=O)N4CCc5ccccc5C4)ncn32)s1. The third-order valence-electron chi connectivity index (χ3n) is 5.18. The van der Waals surface area contributed by atoms with Gasteiger partial charge in [-0.1, -0.05) is 24.3 Å². The van der Waals surface area contributed by atoms with Gasteiger partial charge in [0.2, 0.25) is 5.91 Å². The topological polar surface area (TPSA) is 59.6 Å². The second-order valence-electron chi connectivity index (χ2n) is 6.93. The lowest BCUT2D eigenvalue weighted by Gasteiger charge is -2.28. The third-order valence-corrected chi connectivity index (χ3v) is 6.17. The zero-order valence-electron chi connectivity index (χ0n) is 14.9. The standard InChI is InChI=1S/C20H18N4O2S/c1-13-8-16-18(27-13)9-17-20(26)24(21-12-23(16)17)11-19(25)22-7-6-14-4-2-3-5-15(14)10-22/h2-5,8-9,12H,6-7,10-11H2,1H3. The Bertz CT molecular complexity index is 1250. The van der Waals surface area contributed by atoms with E-state index in [0.717, 1.165) is 16.6 Å². The Kier molecular flexibility index (Phi) is 3.65. The predicted molar refractivity (Wildman–Crippen MR) is 105 cm³/mol. The van der Waals surface area contributed by atoms with E-state index in [9.17, 15) is 9.59 Å². The predicted octanol–water partition coefficient (Wildman–Crippen LogP) is 2.60. The lowest BCUT2D eigenvalue weighted by atomic mass is 10.00. The Morgan fingerprint density at radius 2 is 2.00 bits per heavy atom. The van der Waals surface area contributed by atoms with Crippen molar-refractivity contribution < 1.29 is 4.79 Å². The van der Waals surface area contributed by atoms with Gasteiger partial charge in [0.1, 0.15) is 18.4 Å². The quantitative estimate of drug-likeness (QED) is 0.539. The summed E-state index contributed by atoms with van der Waals surface area (Å²) in [6.07, 6.45) is 2.47. The molecule has 6 nitrogen and oxygen atoms in total. The van der Waals surface area contributed by atoms with Crippen LogP contribution in [0, 0.1) is 6.92 Å². The van der Waals surface area contributed by atoms with Gasteiger partial charge in [0.15, 0.2) is 0 Å². The van der Waals surface area contributed by atoms with Crippen LogP contribution in [0.4, 0.5) is 0 Å². The number of benzene rings is 1. The smallest absolute Gasteiger partial charge is 0.291 e. The number of carbonyl (C=O) groups excluding carboxylic acids is 1. The summed E-state index contributed by atoms with van der Waals surface area (Å²) in [5, 5.41) is 4.24. The van der Waals surface area contributed by atoms with E-state index in [1.165, 1.54) is 20.7 Å². The molecule has 4 heterocycles. The van der Waals surface area contributed by atoms with Crippen LogP contribution < -0.4 is 5.56 Å². The molecule has 5 rings (SSSR count). The molecular formula is C20H18N4O2S. The fourth-order valence-corrected chi connectivity index (χ4v) is 4.72. The number of fused-ring (bicyclic) bond motifs is 4. The third kappa shape index (κ3) is 2.66. The molecule has 4 aromatic rings. The van der Waals surface area contributed by atoms with Gasteiger partial charge in [-0.25, -0.2) is 4.68 Å². The van der Waals surface area contributed by atoms with E-state index in [4.69, 9.17) is 0 Å². The van der Waals surface area contributed by atoms with Crippen LogP contribution in [0.3, 0.4) is 0 Å². The van der Waals surface area contributed by atoms with Crippen molar-refractivity contribution in [2.45, 2.75) is 26.4 Å². The van der Waals surface area contributed by atoms with Crippen molar-refractivity contribution in [3.63, 3.8) is 0 Å². The summed E-state index contributed by atoms with van der Waals surface area (Å²) >= 11 is 1.65. The molecule has 27 heavy (non-hydrogen) atoms. The van der Waals surface area contributed by atoms with E-state index in [0.29, 0.717) is 18.6 Å². The molecule has 1 aliphatic rings. The van der Waals surface area contributed by atoms with E-state index in [2.05, 4.69) is 23.3 Å². The first-order valence-electron chi connectivity index (χ1n) is 8.92. The Hall–Kier alpha value is -2.93. The lowest BCUT2D eigenvalue weighted by Crippen LogP contribution is -2.40. The second kappa shape index (κ2) is 6.06. The van der Waals surface area contributed by atoms with Crippen LogP contribution in [0.1, 0.15) is 16.0 Å². The summed E-state index contributed by atoms with van der Waals surface area (Å²) in [5.74, 6) is -0.0762. The normalized spacial score (nSPS) is 14.0. The van der Waals surface area contributed by atoms with Crippen molar-refractivity contribution in [2.24, 2.45) is 0 Å². The number of aromatic nitrogens is 3. The minimum absolute atomic E-state index is 0.0324. The van der Waals surface area contributed by atoms with Gasteiger partial charge in [0.25, 0.3) is 5.56 Å². The van der Waals surface area contributed by atoms with Crippen LogP contribution in [0.15, 0.2) is 47.5 Å². The van der Waals surface area contributed by atoms with E-state index >= 15 is 0 Å². The molecule has 0 N–H and O–H groups in total. The number of hydrogen-bond donors (Lipinski definition) is 0. The zero-order valence-corrected chi connectivity index (χ0v) is 15.7. The van der Waals surface area contributed by atoms with Crippen LogP contribution in [0.25, 0.3) is 15.7 Å². The van der Waals surface area contributed by atoms with Gasteiger partial charge in [0.05, 0.1) is 10.2 Å². The molecule has 0 atom stereocenters. The molecule has 136 valence electrons. The van der Waals surface area contributed by atoms with Crippen LogP contribution in [-0.2, 0) is 24.3 Å². The fourth-order valence-electron chi connectivity index (χ4n) is 3.77. The molecule has 0 aliphatic carbocycles. The Labute approximate surface area is 159 Å². The molecule has 0 saturated carbocycles. The highest BCUT2D eigenvalue weighted by atomic mass is 32.1. The molecular weight excluding hydrogens is 360 g/mol. The highest BCUT2D eigenvalue weighted by Crippen LogP contribution is 2.27. The number of thiophene rings is 1. The summed E-state index contributed by atoms with van der Waals surface area (Å²) in [4.78, 5) is 28.6. The van der Waals surface area contributed by atoms with Crippen LogP contribution in [0.5, 0.6) is 0 Å². The van der Waals surface area contributed by atoms with Crippen molar-refractivity contribution in [3.8, 4) is 0 Å². The average molecular weight is 378 g/mol. The van der Waals surface area contributed by atoms with Gasteiger partial charge in [-0.2, -0.15) is 5.10 Å². The molecule has 0 bridgehead atoms. The van der Waals surface area contributed by atoms with E-state index < -0.39 is 0 Å². The van der Waals surface area contributed by atoms with Gasteiger partial charge >= 0.3 is 0 Å². The van der Waals surface area contributed by atoms with Crippen molar-refractivity contribution in [1.29, 1.82) is 0 Å². The molecule has 0 fully saturated rings. The van der Waals surface area contributed by atoms with Crippen LogP contribution >= 0.6 is 11.3 Å². The minimum Gasteiger partial charge on any atom is -0.336 e. The van der Waals surface area contributed by atoms with Crippen molar-refractivity contribution in [1.82, 2.24) is 19.1 Å². The first-order valence-corrected chi connectivity index (χ1v) is 9.74. The molecule has 7 heteroatoms. The van der Waals surface area contributed by atoms with Crippen molar-refractivity contribution in [3.05, 3.63) is 69.1 Å². The van der Waals surface area contributed by atoms with E-state index in [1.54, 1.807) is 27.0 Å². The molecule has 1 aliphatic heterocycles. The molecule has 1 amide bonds. The van der Waals surface area contributed by atoms with Crippen molar-refractivity contribution >= 4 is 33.0 Å².